The van der Waals surface area contributed by atoms with E-state index in [1.165, 1.54) is 0 Å². The zero-order valence-corrected chi connectivity index (χ0v) is 9.57. The van der Waals surface area contributed by atoms with E-state index in [2.05, 4.69) is 15.7 Å². The van der Waals surface area contributed by atoms with E-state index in [0.717, 1.165) is 32.4 Å². The van der Waals surface area contributed by atoms with Crippen LogP contribution >= 0.6 is 0 Å². The maximum atomic E-state index is 11.9. The molecule has 5 heteroatoms. The second-order valence-corrected chi connectivity index (χ2v) is 4.25. The molecule has 2 heterocycles. The number of aromatic nitrogens is 2. The summed E-state index contributed by atoms with van der Waals surface area (Å²) >= 11 is 0. The quantitative estimate of drug-likeness (QED) is 0.756. The first-order chi connectivity index (χ1) is 7.75. The van der Waals surface area contributed by atoms with Crippen LogP contribution in [0.4, 0.5) is 0 Å². The van der Waals surface area contributed by atoms with Gasteiger partial charge < -0.3 is 10.6 Å². The minimum atomic E-state index is -0.0139. The number of nitrogens with one attached hydrogen (secondary N) is 2. The number of hydrogen-bond acceptors (Lipinski definition) is 3. The summed E-state index contributed by atoms with van der Waals surface area (Å²) in [6.45, 7) is 2.04. The average molecular weight is 222 g/mol. The molecule has 5 nitrogen and oxygen atoms in total. The SMILES string of the molecule is Cn1cc(C(=O)NC2CCCNCC2)cn1. The molecule has 2 N–H and O–H groups in total. The molecule has 1 saturated heterocycles. The van der Waals surface area contributed by atoms with Crippen LogP contribution in [0.25, 0.3) is 0 Å². The number of carbonyl (C=O) groups is 1. The predicted octanol–water partition coefficient (Wildman–Crippen LogP) is 0.292. The minimum Gasteiger partial charge on any atom is -0.349 e. The van der Waals surface area contributed by atoms with Gasteiger partial charge in [-0.25, -0.2) is 0 Å². The Morgan fingerprint density at radius 3 is 3.19 bits per heavy atom. The van der Waals surface area contributed by atoms with Crippen LogP contribution in [0.1, 0.15) is 29.6 Å². The van der Waals surface area contributed by atoms with Gasteiger partial charge in [0, 0.05) is 19.3 Å². The van der Waals surface area contributed by atoms with Crippen LogP contribution in [-0.2, 0) is 7.05 Å². The number of hydrogen-bond donors (Lipinski definition) is 2. The Hall–Kier alpha value is -1.36. The fourth-order valence-corrected chi connectivity index (χ4v) is 1.97. The van der Waals surface area contributed by atoms with Crippen molar-refractivity contribution in [1.29, 1.82) is 0 Å². The van der Waals surface area contributed by atoms with Crippen molar-refractivity contribution in [1.82, 2.24) is 20.4 Å². The highest BCUT2D eigenvalue weighted by atomic mass is 16.1. The Labute approximate surface area is 95.2 Å². The zero-order chi connectivity index (χ0) is 11.4. The zero-order valence-electron chi connectivity index (χ0n) is 9.57. The van der Waals surface area contributed by atoms with Gasteiger partial charge in [0.25, 0.3) is 5.91 Å². The Kier molecular flexibility index (Phi) is 3.56. The van der Waals surface area contributed by atoms with Gasteiger partial charge in [-0.1, -0.05) is 0 Å². The second-order valence-electron chi connectivity index (χ2n) is 4.25. The minimum absolute atomic E-state index is 0.0139. The summed E-state index contributed by atoms with van der Waals surface area (Å²) in [6.07, 6.45) is 6.53. The van der Waals surface area contributed by atoms with Crippen molar-refractivity contribution in [3.05, 3.63) is 18.0 Å². The van der Waals surface area contributed by atoms with E-state index in [1.807, 2.05) is 7.05 Å². The number of aryl methyl sites for hydroxylation is 1. The molecular weight excluding hydrogens is 204 g/mol. The second kappa shape index (κ2) is 5.12. The van der Waals surface area contributed by atoms with Gasteiger partial charge in [-0.3, -0.25) is 9.48 Å². The fraction of sp³-hybridized carbons (Fsp3) is 0.636. The highest BCUT2D eigenvalue weighted by Crippen LogP contribution is 2.06. The van der Waals surface area contributed by atoms with Gasteiger partial charge in [-0.2, -0.15) is 5.10 Å². The van der Waals surface area contributed by atoms with Crippen molar-refractivity contribution in [3.63, 3.8) is 0 Å². The first-order valence-electron chi connectivity index (χ1n) is 5.76. The maximum Gasteiger partial charge on any atom is 0.254 e. The highest BCUT2D eigenvalue weighted by molar-refractivity contribution is 5.93. The van der Waals surface area contributed by atoms with Crippen LogP contribution < -0.4 is 10.6 Å². The van der Waals surface area contributed by atoms with E-state index in [0.29, 0.717) is 11.6 Å². The summed E-state index contributed by atoms with van der Waals surface area (Å²) < 4.78 is 1.64. The number of rotatable bonds is 2. The van der Waals surface area contributed by atoms with Crippen LogP contribution in [0.2, 0.25) is 0 Å². The lowest BCUT2D eigenvalue weighted by molar-refractivity contribution is 0.0934. The van der Waals surface area contributed by atoms with E-state index >= 15 is 0 Å². The van der Waals surface area contributed by atoms with E-state index in [1.54, 1.807) is 17.1 Å². The van der Waals surface area contributed by atoms with Gasteiger partial charge in [0.1, 0.15) is 0 Å². The topological polar surface area (TPSA) is 59.0 Å². The van der Waals surface area contributed by atoms with Crippen LogP contribution in [0.3, 0.4) is 0 Å². The van der Waals surface area contributed by atoms with Crippen LogP contribution in [0.15, 0.2) is 12.4 Å². The van der Waals surface area contributed by atoms with Crippen LogP contribution in [0.5, 0.6) is 0 Å². The van der Waals surface area contributed by atoms with Crippen molar-refractivity contribution in [2.75, 3.05) is 13.1 Å². The van der Waals surface area contributed by atoms with E-state index < -0.39 is 0 Å². The summed E-state index contributed by atoms with van der Waals surface area (Å²) in [5.74, 6) is -0.0139. The summed E-state index contributed by atoms with van der Waals surface area (Å²) in [6, 6.07) is 0.294. The molecule has 0 saturated carbocycles. The largest absolute Gasteiger partial charge is 0.349 e. The van der Waals surface area contributed by atoms with E-state index in [-0.39, 0.29) is 5.91 Å². The molecule has 88 valence electrons. The monoisotopic (exact) mass is 222 g/mol. The third-order valence-corrected chi connectivity index (χ3v) is 2.88. The summed E-state index contributed by atoms with van der Waals surface area (Å²) in [7, 11) is 1.81. The molecule has 0 aromatic carbocycles. The molecule has 16 heavy (non-hydrogen) atoms. The van der Waals surface area contributed by atoms with Gasteiger partial charge in [-0.15, -0.1) is 0 Å². The molecule has 0 bridgehead atoms. The predicted molar refractivity (Wildman–Crippen MR) is 61.2 cm³/mol. The molecule has 0 spiro atoms. The molecule has 1 aromatic heterocycles. The normalized spacial score (nSPS) is 21.4. The smallest absolute Gasteiger partial charge is 0.254 e. The maximum absolute atomic E-state index is 11.9. The average Bonchev–Trinajstić information content (AvgIpc) is 2.54. The molecule has 1 aliphatic heterocycles. The van der Waals surface area contributed by atoms with Gasteiger partial charge in [0.05, 0.1) is 11.8 Å². The van der Waals surface area contributed by atoms with Gasteiger partial charge in [-0.05, 0) is 32.4 Å². The van der Waals surface area contributed by atoms with Gasteiger partial charge in [0.2, 0.25) is 0 Å². The van der Waals surface area contributed by atoms with Crippen molar-refractivity contribution in [3.8, 4) is 0 Å². The van der Waals surface area contributed by atoms with E-state index in [4.69, 9.17) is 0 Å². The summed E-state index contributed by atoms with van der Waals surface area (Å²) in [4.78, 5) is 11.9. The molecule has 1 unspecified atom stereocenters. The van der Waals surface area contributed by atoms with Gasteiger partial charge in [0.15, 0.2) is 0 Å². The van der Waals surface area contributed by atoms with Crippen molar-refractivity contribution in [2.24, 2.45) is 7.05 Å². The molecule has 0 aliphatic carbocycles. The number of amides is 1. The molecular formula is C11H18N4O. The van der Waals surface area contributed by atoms with Crippen molar-refractivity contribution in [2.45, 2.75) is 25.3 Å². The van der Waals surface area contributed by atoms with Crippen molar-refractivity contribution < 1.29 is 4.79 Å². The first kappa shape index (κ1) is 11.1. The Balaban J connectivity index is 1.90. The molecule has 1 atom stereocenters. The van der Waals surface area contributed by atoms with Crippen LogP contribution in [-0.4, -0.2) is 34.8 Å². The summed E-state index contributed by atoms with van der Waals surface area (Å²) in [5, 5.41) is 10.4. The number of carbonyl (C=O) groups excluding carboxylic acids is 1. The van der Waals surface area contributed by atoms with E-state index in [9.17, 15) is 4.79 Å². The van der Waals surface area contributed by atoms with Crippen LogP contribution in [0, 0.1) is 0 Å². The first-order valence-corrected chi connectivity index (χ1v) is 5.76. The Bertz CT molecular complexity index is 353. The molecule has 1 aliphatic rings. The Morgan fingerprint density at radius 2 is 2.44 bits per heavy atom. The highest BCUT2D eigenvalue weighted by Gasteiger charge is 2.16. The molecule has 2 rings (SSSR count). The van der Waals surface area contributed by atoms with Gasteiger partial charge >= 0.3 is 0 Å². The lowest BCUT2D eigenvalue weighted by atomic mass is 10.1. The number of nitrogens with zero attached hydrogens (tertiary/aromatic N) is 2. The standard InChI is InChI=1S/C11H18N4O/c1-15-8-9(7-13-15)11(16)14-10-3-2-5-12-6-4-10/h7-8,10,12H,2-6H2,1H3,(H,14,16). The lowest BCUT2D eigenvalue weighted by Gasteiger charge is -2.14. The Morgan fingerprint density at radius 1 is 1.56 bits per heavy atom. The molecule has 0 radical (unpaired) electrons. The van der Waals surface area contributed by atoms with Crippen molar-refractivity contribution >= 4 is 5.91 Å². The lowest BCUT2D eigenvalue weighted by Crippen LogP contribution is -2.35. The third-order valence-electron chi connectivity index (χ3n) is 2.88. The molecule has 1 fully saturated rings. The summed E-state index contributed by atoms with van der Waals surface area (Å²) in [5.41, 5.74) is 0.639. The fourth-order valence-electron chi connectivity index (χ4n) is 1.97. The molecule has 1 amide bonds. The third kappa shape index (κ3) is 2.82. The molecule has 1 aromatic rings.